The van der Waals surface area contributed by atoms with Crippen LogP contribution in [-0.2, 0) is 37.0 Å². The Morgan fingerprint density at radius 1 is 1.12 bits per heavy atom. The maximum Gasteiger partial charge on any atom is 0.165 e. The summed E-state index contributed by atoms with van der Waals surface area (Å²) in [6.45, 7) is 0.808. The molecule has 0 unspecified atom stereocenters. The Bertz CT molecular complexity index is 846. The van der Waals surface area contributed by atoms with E-state index in [-0.39, 0.29) is 12.2 Å². The third kappa shape index (κ3) is 3.09. The zero-order valence-electron chi connectivity index (χ0n) is 14.4. The van der Waals surface area contributed by atoms with Crippen LogP contribution in [0.5, 0.6) is 0 Å². The lowest BCUT2D eigenvalue weighted by Crippen LogP contribution is -2.19. The molecule has 1 aromatic carbocycles. The highest BCUT2D eigenvalue weighted by Gasteiger charge is 2.28. The molecule has 1 atom stereocenters. The average Bonchev–Trinajstić information content (AvgIpc) is 3.16. The lowest BCUT2D eigenvalue weighted by Gasteiger charge is -2.11. The summed E-state index contributed by atoms with van der Waals surface area (Å²) in [6.07, 6.45) is 7.89. The van der Waals surface area contributed by atoms with Crippen molar-refractivity contribution in [2.75, 3.05) is 0 Å². The van der Waals surface area contributed by atoms with Crippen LogP contribution in [0.1, 0.15) is 59.9 Å². The van der Waals surface area contributed by atoms with Gasteiger partial charge in [0.05, 0.1) is 6.07 Å². The number of fused-ring (bicyclic) bond motifs is 2. The molecule has 1 aliphatic carbocycles. The molecule has 0 radical (unpaired) electrons. The molecular formula is C20H22N4O. The van der Waals surface area contributed by atoms with Crippen molar-refractivity contribution in [3.05, 3.63) is 46.5 Å². The molecule has 0 saturated carbocycles. The van der Waals surface area contributed by atoms with E-state index < -0.39 is 5.92 Å². The van der Waals surface area contributed by atoms with Crippen LogP contribution in [-0.4, -0.2) is 20.5 Å². The van der Waals surface area contributed by atoms with E-state index in [2.05, 4.69) is 28.4 Å². The van der Waals surface area contributed by atoms with Crippen molar-refractivity contribution < 1.29 is 4.79 Å². The molecule has 2 aliphatic rings. The van der Waals surface area contributed by atoms with Gasteiger partial charge in [0.1, 0.15) is 5.82 Å². The minimum atomic E-state index is -0.826. The molecule has 128 valence electrons. The number of carbonyl (C=O) groups excluding carboxylic acids is 1. The first-order valence-electron chi connectivity index (χ1n) is 9.21. The summed E-state index contributed by atoms with van der Waals surface area (Å²) < 4.78 is 2.00. The molecule has 4 rings (SSSR count). The second-order valence-electron chi connectivity index (χ2n) is 7.10. The summed E-state index contributed by atoms with van der Waals surface area (Å²) in [5.41, 5.74) is 3.76. The van der Waals surface area contributed by atoms with Crippen LogP contribution >= 0.6 is 0 Å². The number of Topliss-reactive ketones (excluding diaryl/α,β-unsaturated/α-hetero) is 1. The Morgan fingerprint density at radius 2 is 2.00 bits per heavy atom. The molecule has 5 heteroatoms. The minimum Gasteiger partial charge on any atom is -0.313 e. The average molecular weight is 334 g/mol. The fourth-order valence-electron chi connectivity index (χ4n) is 4.03. The number of nitrogens with zero attached hydrogens (tertiary/aromatic N) is 4. The van der Waals surface area contributed by atoms with Crippen molar-refractivity contribution in [1.29, 1.82) is 5.26 Å². The Kier molecular flexibility index (Phi) is 4.35. The third-order valence-corrected chi connectivity index (χ3v) is 5.39. The van der Waals surface area contributed by atoms with Gasteiger partial charge >= 0.3 is 0 Å². The highest BCUT2D eigenvalue weighted by Crippen LogP contribution is 2.25. The lowest BCUT2D eigenvalue weighted by molar-refractivity contribution is -0.118. The maximum absolute atomic E-state index is 12.8. The number of aromatic nitrogens is 3. The van der Waals surface area contributed by atoms with E-state index in [1.54, 1.807) is 0 Å². The van der Waals surface area contributed by atoms with Crippen molar-refractivity contribution in [1.82, 2.24) is 14.8 Å². The summed E-state index contributed by atoms with van der Waals surface area (Å²) >= 11 is 0. The van der Waals surface area contributed by atoms with Gasteiger partial charge in [-0.05, 0) is 48.8 Å². The SMILES string of the molecule is N#C[C@@H](C(=O)Cc1ccc2c(c1)CCC2)c1nnc2n1CCCCC2. The number of hydrogen-bond donors (Lipinski definition) is 0. The number of nitriles is 1. The fourth-order valence-corrected chi connectivity index (χ4v) is 4.03. The first-order valence-corrected chi connectivity index (χ1v) is 9.21. The Balaban J connectivity index is 1.56. The molecule has 0 spiro atoms. The largest absolute Gasteiger partial charge is 0.313 e. The fraction of sp³-hybridized carbons (Fsp3) is 0.500. The van der Waals surface area contributed by atoms with E-state index in [1.807, 2.05) is 10.6 Å². The number of rotatable bonds is 4. The van der Waals surface area contributed by atoms with Crippen molar-refractivity contribution in [3.63, 3.8) is 0 Å². The first kappa shape index (κ1) is 16.0. The van der Waals surface area contributed by atoms with E-state index in [0.29, 0.717) is 5.82 Å². The predicted octanol–water partition coefficient (Wildman–Crippen LogP) is 2.91. The van der Waals surface area contributed by atoms with Crippen LogP contribution in [0, 0.1) is 11.3 Å². The van der Waals surface area contributed by atoms with Crippen LogP contribution in [0.15, 0.2) is 18.2 Å². The first-order chi connectivity index (χ1) is 12.3. The van der Waals surface area contributed by atoms with Crippen LogP contribution in [0.2, 0.25) is 0 Å². The third-order valence-electron chi connectivity index (χ3n) is 5.39. The molecule has 1 aliphatic heterocycles. The second kappa shape index (κ2) is 6.79. The van der Waals surface area contributed by atoms with Gasteiger partial charge < -0.3 is 4.57 Å². The molecule has 0 saturated heterocycles. The van der Waals surface area contributed by atoms with Crippen molar-refractivity contribution in [3.8, 4) is 6.07 Å². The molecule has 2 aromatic rings. The number of benzene rings is 1. The highest BCUT2D eigenvalue weighted by atomic mass is 16.1. The molecular weight excluding hydrogens is 312 g/mol. The summed E-state index contributed by atoms with van der Waals surface area (Å²) in [4.78, 5) is 12.8. The van der Waals surface area contributed by atoms with Gasteiger partial charge in [0, 0.05) is 19.4 Å². The van der Waals surface area contributed by atoms with E-state index in [9.17, 15) is 10.1 Å². The lowest BCUT2D eigenvalue weighted by atomic mass is 9.96. The highest BCUT2D eigenvalue weighted by molar-refractivity contribution is 5.89. The molecule has 0 amide bonds. The molecule has 0 bridgehead atoms. The predicted molar refractivity (Wildman–Crippen MR) is 93.1 cm³/mol. The van der Waals surface area contributed by atoms with Gasteiger partial charge in [-0.3, -0.25) is 4.79 Å². The second-order valence-corrected chi connectivity index (χ2v) is 7.10. The summed E-state index contributed by atoms with van der Waals surface area (Å²) in [6, 6.07) is 8.48. The van der Waals surface area contributed by atoms with Gasteiger partial charge in [0.25, 0.3) is 0 Å². The quantitative estimate of drug-likeness (QED) is 0.862. The van der Waals surface area contributed by atoms with Crippen LogP contribution in [0.3, 0.4) is 0 Å². The molecule has 25 heavy (non-hydrogen) atoms. The van der Waals surface area contributed by atoms with Gasteiger partial charge in [0.2, 0.25) is 0 Å². The van der Waals surface area contributed by atoms with Gasteiger partial charge in [-0.15, -0.1) is 10.2 Å². The summed E-state index contributed by atoms with van der Waals surface area (Å²) in [5.74, 6) is 0.538. The smallest absolute Gasteiger partial charge is 0.165 e. The van der Waals surface area contributed by atoms with Gasteiger partial charge in [-0.2, -0.15) is 5.26 Å². The van der Waals surface area contributed by atoms with E-state index >= 15 is 0 Å². The Hall–Kier alpha value is -2.48. The van der Waals surface area contributed by atoms with Gasteiger partial charge in [0.15, 0.2) is 17.5 Å². The Labute approximate surface area is 147 Å². The number of ketones is 1. The van der Waals surface area contributed by atoms with Crippen molar-refractivity contribution >= 4 is 5.78 Å². The summed E-state index contributed by atoms with van der Waals surface area (Å²) in [7, 11) is 0. The molecule has 1 aromatic heterocycles. The van der Waals surface area contributed by atoms with Crippen LogP contribution in [0.4, 0.5) is 0 Å². The zero-order valence-corrected chi connectivity index (χ0v) is 14.4. The number of aryl methyl sites for hydroxylation is 3. The molecule has 0 N–H and O–H groups in total. The van der Waals surface area contributed by atoms with Crippen LogP contribution < -0.4 is 0 Å². The van der Waals surface area contributed by atoms with E-state index in [0.717, 1.165) is 56.5 Å². The zero-order chi connectivity index (χ0) is 17.2. The standard InChI is InChI=1S/C20H22N4O/c21-13-17(20-23-22-19-7-2-1-3-10-24(19)20)18(25)12-14-8-9-15-5-4-6-16(15)11-14/h8-9,11,17H,1-7,10,12H2/t17-/m0/s1. The monoisotopic (exact) mass is 334 g/mol. The topological polar surface area (TPSA) is 71.6 Å². The number of carbonyl (C=O) groups is 1. The minimum absolute atomic E-state index is 0.0834. The van der Waals surface area contributed by atoms with Gasteiger partial charge in [-0.25, -0.2) is 0 Å². The molecule has 0 fully saturated rings. The summed E-state index contributed by atoms with van der Waals surface area (Å²) in [5, 5.41) is 18.1. The molecule has 5 nitrogen and oxygen atoms in total. The van der Waals surface area contributed by atoms with Gasteiger partial charge in [-0.1, -0.05) is 24.6 Å². The molecule has 2 heterocycles. The van der Waals surface area contributed by atoms with Crippen LogP contribution in [0.25, 0.3) is 0 Å². The van der Waals surface area contributed by atoms with E-state index in [1.165, 1.54) is 17.5 Å². The normalized spacial score (nSPS) is 17.2. The number of hydrogen-bond acceptors (Lipinski definition) is 4. The van der Waals surface area contributed by atoms with Crippen molar-refractivity contribution in [2.45, 2.75) is 63.8 Å². The Morgan fingerprint density at radius 3 is 2.88 bits per heavy atom. The van der Waals surface area contributed by atoms with E-state index in [4.69, 9.17) is 0 Å². The maximum atomic E-state index is 12.8. The van der Waals surface area contributed by atoms with Crippen molar-refractivity contribution in [2.24, 2.45) is 0 Å².